The molecule has 0 amide bonds. The molecule has 0 saturated carbocycles. The normalized spacial score (nSPS) is 0. The molecule has 0 aliphatic rings. The smallest absolute Gasteiger partial charge is 1.00 e. The molecule has 0 rings (SSSR count). The van der Waals surface area contributed by atoms with Crippen LogP contribution in [0.4, 0.5) is 0 Å². The van der Waals surface area contributed by atoms with Crippen molar-refractivity contribution in [1.82, 2.24) is 0 Å². The summed E-state index contributed by atoms with van der Waals surface area (Å²) in [4.78, 5) is 0. The monoisotopic (exact) mass is 153 g/mol. The Labute approximate surface area is 59.1 Å². The topological polar surface area (TPSA) is 0 Å². The third-order valence-corrected chi connectivity index (χ3v) is 0. The molecule has 4 heteroatoms. The first-order chi connectivity index (χ1) is 0. The van der Waals surface area contributed by atoms with Crippen LogP contribution in [0.1, 0.15) is 0 Å². The first-order valence-corrected chi connectivity index (χ1v) is 0. The molecule has 0 saturated heterocycles. The minimum atomic E-state index is 0. The summed E-state index contributed by atoms with van der Waals surface area (Å²) >= 11 is 0. The van der Waals surface area contributed by atoms with Crippen LogP contribution in [-0.4, -0.2) is 17.4 Å². The predicted molar refractivity (Wildman–Crippen MR) is 5.75 cm³/mol. The fourth-order valence-electron chi connectivity index (χ4n) is 0. The average molecular weight is 154 g/mol. The molecule has 0 aliphatic heterocycles. The minimum Gasteiger partial charge on any atom is -1.00 e. The fourth-order valence-corrected chi connectivity index (χ4v) is 0. The molecule has 21 valence electrons. The Morgan fingerprint density at radius 2 is 0.750 bits per heavy atom. The maximum atomic E-state index is 0. The van der Waals surface area contributed by atoms with E-state index in [-0.39, 0.29) is 59.2 Å². The van der Waals surface area contributed by atoms with E-state index in [1.807, 2.05) is 0 Å². The molecule has 0 aromatic carbocycles. The predicted octanol–water partition coefficient (Wildman–Crippen LogP) is -6.38. The second-order valence-electron chi connectivity index (χ2n) is 0. The molecule has 0 spiro atoms. The molecule has 1 radical (unpaired) electrons. The van der Waals surface area contributed by atoms with Gasteiger partial charge in [0.25, 0.3) is 0 Å². The summed E-state index contributed by atoms with van der Waals surface area (Å²) in [5.74, 6) is 0. The molecule has 0 heterocycles. The molecule has 0 fully saturated rings. The molecular formula is AlCl2Fe+4. The van der Waals surface area contributed by atoms with Crippen LogP contribution in [0, 0.1) is 0 Å². The van der Waals surface area contributed by atoms with Gasteiger partial charge in [0.1, 0.15) is 0 Å². The Bertz CT molecular complexity index is 6.00. The zero-order valence-electron chi connectivity index (χ0n) is 1.69. The van der Waals surface area contributed by atoms with E-state index in [9.17, 15) is 0 Å². The summed E-state index contributed by atoms with van der Waals surface area (Å²) in [5.41, 5.74) is 0. The van der Waals surface area contributed by atoms with E-state index >= 15 is 0 Å². The molecule has 0 aliphatic carbocycles. The van der Waals surface area contributed by atoms with Gasteiger partial charge in [-0.1, -0.05) is 0 Å². The van der Waals surface area contributed by atoms with Crippen LogP contribution in [-0.2, 0) is 17.1 Å². The van der Waals surface area contributed by atoms with Crippen LogP contribution in [0.3, 0.4) is 0 Å². The fraction of sp³-hybridized carbons (Fsp3) is 0. The van der Waals surface area contributed by atoms with Gasteiger partial charge in [0.2, 0.25) is 0 Å². The minimum absolute atomic E-state index is 0. The molecule has 0 aromatic heterocycles. The van der Waals surface area contributed by atoms with Crippen molar-refractivity contribution in [2.24, 2.45) is 0 Å². The van der Waals surface area contributed by atoms with Gasteiger partial charge < -0.3 is 24.8 Å². The van der Waals surface area contributed by atoms with Crippen LogP contribution in [0.25, 0.3) is 0 Å². The average Bonchev–Trinajstić information content (AvgIpc) is 0. The van der Waals surface area contributed by atoms with E-state index in [0.717, 1.165) is 0 Å². The van der Waals surface area contributed by atoms with E-state index in [2.05, 4.69) is 0 Å². The number of halogens is 2. The van der Waals surface area contributed by atoms with Gasteiger partial charge in [-0.05, 0) is 0 Å². The van der Waals surface area contributed by atoms with Gasteiger partial charge in [-0.2, -0.15) is 0 Å². The summed E-state index contributed by atoms with van der Waals surface area (Å²) in [5, 5.41) is 0. The summed E-state index contributed by atoms with van der Waals surface area (Å²) in [7, 11) is 0. The van der Waals surface area contributed by atoms with Crippen molar-refractivity contribution in [2.75, 3.05) is 0 Å². The maximum absolute atomic E-state index is 0. The van der Waals surface area contributed by atoms with E-state index in [1.165, 1.54) is 0 Å². The molecule has 4 heavy (non-hydrogen) atoms. The standard InChI is InChI=1S/Al.2ClH.Fe/h;2*1H;/q+3;;;+3/p-2. The van der Waals surface area contributed by atoms with E-state index in [4.69, 9.17) is 0 Å². The summed E-state index contributed by atoms with van der Waals surface area (Å²) in [6.45, 7) is 0. The van der Waals surface area contributed by atoms with Crippen molar-refractivity contribution in [1.29, 1.82) is 0 Å². The van der Waals surface area contributed by atoms with Gasteiger partial charge in [0.15, 0.2) is 0 Å². The van der Waals surface area contributed by atoms with Crippen molar-refractivity contribution < 1.29 is 41.9 Å². The zero-order valence-corrected chi connectivity index (χ0v) is 5.46. The second kappa shape index (κ2) is 22.9. The van der Waals surface area contributed by atoms with E-state index in [1.54, 1.807) is 0 Å². The van der Waals surface area contributed by atoms with Crippen molar-refractivity contribution in [2.45, 2.75) is 0 Å². The van der Waals surface area contributed by atoms with Crippen LogP contribution < -0.4 is 24.8 Å². The zero-order chi connectivity index (χ0) is 0. The van der Waals surface area contributed by atoms with Crippen molar-refractivity contribution in [3.63, 3.8) is 0 Å². The Morgan fingerprint density at radius 1 is 0.750 bits per heavy atom. The molecule has 0 aromatic rings. The van der Waals surface area contributed by atoms with Crippen LogP contribution in [0.15, 0.2) is 0 Å². The number of hydrogen-bond acceptors (Lipinski definition) is 0. The second-order valence-corrected chi connectivity index (χ2v) is 0. The van der Waals surface area contributed by atoms with Crippen molar-refractivity contribution in [3.8, 4) is 0 Å². The van der Waals surface area contributed by atoms with Crippen molar-refractivity contribution >= 4 is 17.4 Å². The third-order valence-electron chi connectivity index (χ3n) is 0. The van der Waals surface area contributed by atoms with Gasteiger partial charge in [0, 0.05) is 0 Å². The maximum Gasteiger partial charge on any atom is 3.00 e. The Balaban J connectivity index is 0. The van der Waals surface area contributed by atoms with Gasteiger partial charge in [-0.25, -0.2) is 0 Å². The first-order valence-electron chi connectivity index (χ1n) is 0. The first kappa shape index (κ1) is 45.4. The summed E-state index contributed by atoms with van der Waals surface area (Å²) in [6, 6.07) is 0. The molecule has 0 atom stereocenters. The quantitative estimate of drug-likeness (QED) is 0.304. The molecule has 0 N–H and O–H groups in total. The third kappa shape index (κ3) is 9.45. The van der Waals surface area contributed by atoms with Gasteiger partial charge >= 0.3 is 34.4 Å². The summed E-state index contributed by atoms with van der Waals surface area (Å²) < 4.78 is 0. The van der Waals surface area contributed by atoms with Gasteiger partial charge in [-0.3, -0.25) is 0 Å². The Hall–Kier alpha value is 1.63. The molecule has 0 bridgehead atoms. The van der Waals surface area contributed by atoms with Crippen LogP contribution in [0.2, 0.25) is 0 Å². The largest absolute Gasteiger partial charge is 3.00 e. The van der Waals surface area contributed by atoms with Gasteiger partial charge in [-0.15, -0.1) is 0 Å². The Kier molecular flexibility index (Phi) is 260. The summed E-state index contributed by atoms with van der Waals surface area (Å²) in [6.07, 6.45) is 0. The molecular weight excluding hydrogens is 154 g/mol. The van der Waals surface area contributed by atoms with E-state index in [0.29, 0.717) is 0 Å². The number of hydrogen-bond donors (Lipinski definition) is 0. The Morgan fingerprint density at radius 3 is 0.750 bits per heavy atom. The molecule has 0 unspecified atom stereocenters. The van der Waals surface area contributed by atoms with Gasteiger partial charge in [0.05, 0.1) is 0 Å². The molecule has 0 nitrogen and oxygen atoms in total. The number of rotatable bonds is 0. The van der Waals surface area contributed by atoms with Crippen LogP contribution >= 0.6 is 0 Å². The van der Waals surface area contributed by atoms with E-state index < -0.39 is 0 Å². The van der Waals surface area contributed by atoms with Crippen LogP contribution in [0.5, 0.6) is 0 Å². The SMILES string of the molecule is [Al+3].[Cl-].[Cl-].[Fe+3]. The van der Waals surface area contributed by atoms with Crippen molar-refractivity contribution in [3.05, 3.63) is 0 Å².